The number of aromatic hydroxyl groups is 1. The Morgan fingerprint density at radius 3 is 2.58 bits per heavy atom. The van der Waals surface area contributed by atoms with Crippen molar-refractivity contribution in [2.75, 3.05) is 20.3 Å². The number of methoxy groups -OCH3 is 1. The van der Waals surface area contributed by atoms with E-state index < -0.39 is 37.4 Å². The van der Waals surface area contributed by atoms with E-state index in [0.717, 1.165) is 11.7 Å². The van der Waals surface area contributed by atoms with Gasteiger partial charge in [-0.15, -0.1) is 0 Å². The zero-order valence-corrected chi connectivity index (χ0v) is 17.1. The molecule has 1 aliphatic rings. The first kappa shape index (κ1) is 20.3. The Bertz CT molecular complexity index is 794. The summed E-state index contributed by atoms with van der Waals surface area (Å²) in [4.78, 5) is 28.7. The molecule has 1 unspecified atom stereocenters. The second kappa shape index (κ2) is 6.97. The second-order valence-corrected chi connectivity index (χ2v) is 12.5. The number of rotatable bonds is 3. The summed E-state index contributed by atoms with van der Waals surface area (Å²) in [6.45, 7) is 14.5. The van der Waals surface area contributed by atoms with Crippen molar-refractivity contribution in [1.82, 2.24) is 9.55 Å². The monoisotopic (exact) mass is 382 g/mol. The molecule has 0 aromatic carbocycles. The van der Waals surface area contributed by atoms with Gasteiger partial charge >= 0.3 is 11.5 Å². The first-order chi connectivity index (χ1) is 11.9. The van der Waals surface area contributed by atoms with Crippen LogP contribution in [0.25, 0.3) is 5.70 Å². The van der Waals surface area contributed by atoms with Crippen molar-refractivity contribution < 1.29 is 23.8 Å². The van der Waals surface area contributed by atoms with Gasteiger partial charge in [-0.1, -0.05) is 27.4 Å². The summed E-state index contributed by atoms with van der Waals surface area (Å²) >= 11 is 0. The number of ether oxygens (including phenoxy) is 2. The lowest BCUT2D eigenvalue weighted by atomic mass is 10.2. The van der Waals surface area contributed by atoms with Crippen molar-refractivity contribution in [3.8, 4) is 5.75 Å². The van der Waals surface area contributed by atoms with Crippen LogP contribution in [-0.2, 0) is 13.9 Å². The van der Waals surface area contributed by atoms with Crippen LogP contribution < -0.4 is 5.56 Å². The van der Waals surface area contributed by atoms with Crippen molar-refractivity contribution in [2.45, 2.75) is 45.0 Å². The molecule has 0 fully saturated rings. The minimum absolute atomic E-state index is 0.0798. The Balaban J connectivity index is 2.65. The molecule has 0 bridgehead atoms. The normalized spacial score (nSPS) is 18.2. The number of carbonyl (C=O) groups is 1. The molecule has 144 valence electrons. The van der Waals surface area contributed by atoms with E-state index in [9.17, 15) is 14.7 Å². The summed E-state index contributed by atoms with van der Waals surface area (Å²) in [5.74, 6) is -1.50. The SMILES string of the molecule is C=C1COCC(O[Si](C)(C)C(C)(C)C)c2nc(C(=O)OC)c(O)c(=O)n21. The lowest BCUT2D eigenvalue weighted by molar-refractivity contribution is 0.0556. The fraction of sp³-hybridized carbons (Fsp3) is 0.588. The van der Waals surface area contributed by atoms with E-state index in [-0.39, 0.29) is 24.1 Å². The summed E-state index contributed by atoms with van der Waals surface area (Å²) in [7, 11) is -1.08. The van der Waals surface area contributed by atoms with Gasteiger partial charge in [0.25, 0.3) is 0 Å². The average Bonchev–Trinajstić information content (AvgIpc) is 2.68. The maximum absolute atomic E-state index is 12.6. The molecule has 1 aromatic rings. The second-order valence-electron chi connectivity index (χ2n) is 7.75. The fourth-order valence-electron chi connectivity index (χ4n) is 2.33. The van der Waals surface area contributed by atoms with Crippen molar-refractivity contribution in [2.24, 2.45) is 0 Å². The van der Waals surface area contributed by atoms with Crippen molar-refractivity contribution in [1.29, 1.82) is 0 Å². The molecule has 1 N–H and O–H groups in total. The molecule has 2 rings (SSSR count). The van der Waals surface area contributed by atoms with Crippen LogP contribution in [0, 0.1) is 0 Å². The van der Waals surface area contributed by atoms with Gasteiger partial charge in [0, 0.05) is 5.70 Å². The average molecular weight is 382 g/mol. The van der Waals surface area contributed by atoms with Gasteiger partial charge in [0.05, 0.1) is 20.3 Å². The smallest absolute Gasteiger partial charge is 0.360 e. The summed E-state index contributed by atoms with van der Waals surface area (Å²) < 4.78 is 17.7. The van der Waals surface area contributed by atoms with Crippen molar-refractivity contribution in [3.05, 3.63) is 28.5 Å². The first-order valence-electron chi connectivity index (χ1n) is 8.28. The highest BCUT2D eigenvalue weighted by Gasteiger charge is 2.41. The molecular weight excluding hydrogens is 356 g/mol. The Kier molecular flexibility index (Phi) is 5.46. The van der Waals surface area contributed by atoms with E-state index in [0.29, 0.717) is 5.70 Å². The molecule has 26 heavy (non-hydrogen) atoms. The lowest BCUT2D eigenvalue weighted by Crippen LogP contribution is -2.43. The zero-order valence-electron chi connectivity index (χ0n) is 16.1. The summed E-state index contributed by atoms with van der Waals surface area (Å²) in [5.41, 5.74) is -0.928. The molecule has 0 aliphatic carbocycles. The molecule has 1 aromatic heterocycles. The van der Waals surface area contributed by atoms with Crippen LogP contribution in [0.3, 0.4) is 0 Å². The number of carbonyl (C=O) groups excluding carboxylic acids is 1. The third kappa shape index (κ3) is 3.60. The van der Waals surface area contributed by atoms with Gasteiger partial charge in [-0.3, -0.25) is 9.36 Å². The summed E-state index contributed by atoms with van der Waals surface area (Å²) in [6.07, 6.45) is -0.674. The third-order valence-corrected chi connectivity index (χ3v) is 9.34. The minimum Gasteiger partial charge on any atom is -0.501 e. The maximum atomic E-state index is 12.6. The quantitative estimate of drug-likeness (QED) is 0.632. The number of esters is 1. The molecule has 0 amide bonds. The van der Waals surface area contributed by atoms with E-state index in [2.05, 4.69) is 50.2 Å². The van der Waals surface area contributed by atoms with Gasteiger partial charge in [0.1, 0.15) is 11.9 Å². The number of nitrogens with zero attached hydrogens (tertiary/aromatic N) is 2. The fourth-order valence-corrected chi connectivity index (χ4v) is 3.57. The van der Waals surface area contributed by atoms with E-state index in [4.69, 9.17) is 9.16 Å². The Hall–Kier alpha value is -1.97. The van der Waals surface area contributed by atoms with Crippen LogP contribution in [0.15, 0.2) is 11.4 Å². The molecule has 9 heteroatoms. The Morgan fingerprint density at radius 1 is 1.42 bits per heavy atom. The topological polar surface area (TPSA) is 99.9 Å². The van der Waals surface area contributed by atoms with Crippen LogP contribution in [0.2, 0.25) is 18.1 Å². The van der Waals surface area contributed by atoms with Crippen molar-refractivity contribution in [3.63, 3.8) is 0 Å². The van der Waals surface area contributed by atoms with Crippen LogP contribution in [0.5, 0.6) is 5.75 Å². The van der Waals surface area contributed by atoms with Crippen molar-refractivity contribution >= 4 is 20.0 Å². The predicted molar refractivity (Wildman–Crippen MR) is 98.7 cm³/mol. The van der Waals surface area contributed by atoms with Gasteiger partial charge in [-0.05, 0) is 18.1 Å². The maximum Gasteiger partial charge on any atom is 0.360 e. The molecule has 0 radical (unpaired) electrons. The van der Waals surface area contributed by atoms with E-state index in [1.807, 2.05) is 0 Å². The van der Waals surface area contributed by atoms with Crippen LogP contribution in [0.1, 0.15) is 43.2 Å². The number of aromatic nitrogens is 2. The van der Waals surface area contributed by atoms with Gasteiger partial charge in [0.2, 0.25) is 5.75 Å². The Labute approximate surface area is 153 Å². The van der Waals surface area contributed by atoms with Gasteiger partial charge in [-0.25, -0.2) is 9.78 Å². The number of hydrogen-bond donors (Lipinski definition) is 1. The third-order valence-electron chi connectivity index (χ3n) is 4.85. The zero-order chi connectivity index (χ0) is 19.9. The van der Waals surface area contributed by atoms with Gasteiger partial charge < -0.3 is 19.0 Å². The molecule has 2 heterocycles. The first-order valence-corrected chi connectivity index (χ1v) is 11.2. The van der Waals surface area contributed by atoms with E-state index in [1.54, 1.807) is 0 Å². The predicted octanol–water partition coefficient (Wildman–Crippen LogP) is 2.30. The van der Waals surface area contributed by atoms with E-state index in [1.165, 1.54) is 0 Å². The molecule has 0 saturated carbocycles. The number of hydrogen-bond acceptors (Lipinski definition) is 7. The van der Waals surface area contributed by atoms with Crippen LogP contribution in [-0.4, -0.2) is 49.3 Å². The number of fused-ring (bicyclic) bond motifs is 1. The van der Waals surface area contributed by atoms with E-state index >= 15 is 0 Å². The Morgan fingerprint density at radius 2 is 2.04 bits per heavy atom. The summed E-state index contributed by atoms with van der Waals surface area (Å²) in [6, 6.07) is 0. The van der Waals surface area contributed by atoms with Gasteiger partial charge in [0.15, 0.2) is 14.0 Å². The van der Waals surface area contributed by atoms with Crippen LogP contribution in [0.4, 0.5) is 0 Å². The van der Waals surface area contributed by atoms with Crippen LogP contribution >= 0.6 is 0 Å². The molecule has 8 nitrogen and oxygen atoms in total. The molecule has 1 atom stereocenters. The largest absolute Gasteiger partial charge is 0.501 e. The molecule has 0 saturated heterocycles. The minimum atomic E-state index is -2.23. The highest BCUT2D eigenvalue weighted by atomic mass is 28.4. The lowest BCUT2D eigenvalue weighted by Gasteiger charge is -2.38. The highest BCUT2D eigenvalue weighted by Crippen LogP contribution is 2.40. The molecule has 0 spiro atoms. The molecular formula is C17H26N2O6Si. The highest BCUT2D eigenvalue weighted by molar-refractivity contribution is 6.74. The van der Waals surface area contributed by atoms with Gasteiger partial charge in [-0.2, -0.15) is 0 Å². The molecule has 1 aliphatic heterocycles. The summed E-state index contributed by atoms with van der Waals surface area (Å²) in [5, 5.41) is 10.0. The standard InChI is InChI=1S/C17H26N2O6Si/c1-10-8-24-9-11(25-26(6,7)17(2,3)4)14-18-12(16(22)23-5)13(20)15(21)19(10)14/h11,20H,1,8-9H2,2-7H3.